The molecule has 0 atom stereocenters. The summed E-state index contributed by atoms with van der Waals surface area (Å²) in [6.07, 6.45) is -1.15. The second-order valence-corrected chi connectivity index (χ2v) is 10.2. The predicted molar refractivity (Wildman–Crippen MR) is 132 cm³/mol. The van der Waals surface area contributed by atoms with Gasteiger partial charge in [-0.2, -0.15) is 13.2 Å². The van der Waals surface area contributed by atoms with Gasteiger partial charge in [-0.3, -0.25) is 9.78 Å². The lowest BCUT2D eigenvalue weighted by Crippen LogP contribution is -2.25. The number of esters is 2. The van der Waals surface area contributed by atoms with Gasteiger partial charge in [-0.05, 0) is 74.8 Å². The fourth-order valence-electron chi connectivity index (χ4n) is 3.91. The second-order valence-electron chi connectivity index (χ2n) is 10.2. The number of halogens is 3. The van der Waals surface area contributed by atoms with Crippen molar-refractivity contribution >= 4 is 11.9 Å². The van der Waals surface area contributed by atoms with Gasteiger partial charge in [-0.1, -0.05) is 42.5 Å². The van der Waals surface area contributed by atoms with E-state index in [0.29, 0.717) is 22.6 Å². The molecule has 1 aliphatic rings. The largest absolute Gasteiger partial charge is 0.427 e. The number of carbonyl (C=O) groups is 2. The molecule has 0 amide bonds. The van der Waals surface area contributed by atoms with Gasteiger partial charge in [0.1, 0.15) is 0 Å². The summed E-state index contributed by atoms with van der Waals surface area (Å²) in [5.41, 5.74) is 0.624. The Morgan fingerprint density at radius 2 is 1.68 bits per heavy atom. The highest BCUT2D eigenvalue weighted by atomic mass is 19.4. The summed E-state index contributed by atoms with van der Waals surface area (Å²) in [7, 11) is 0. The van der Waals surface area contributed by atoms with Crippen molar-refractivity contribution in [3.05, 3.63) is 88.6 Å². The first kappa shape index (κ1) is 26.4. The summed E-state index contributed by atoms with van der Waals surface area (Å²) in [6, 6.07) is 14.6. The minimum absolute atomic E-state index is 0.0440. The molecule has 0 bridgehead atoms. The highest BCUT2D eigenvalue weighted by Crippen LogP contribution is 2.41. The minimum atomic E-state index is -4.61. The van der Waals surface area contributed by atoms with Crippen LogP contribution in [0.5, 0.6) is 0 Å². The molecule has 1 fully saturated rings. The molecule has 0 saturated heterocycles. The van der Waals surface area contributed by atoms with Crippen LogP contribution in [-0.4, -0.2) is 23.7 Å². The molecule has 8 heteroatoms. The van der Waals surface area contributed by atoms with Crippen LogP contribution in [0.3, 0.4) is 0 Å². The zero-order valence-electron chi connectivity index (χ0n) is 20.9. The third kappa shape index (κ3) is 6.56. The van der Waals surface area contributed by atoms with Gasteiger partial charge in [-0.25, -0.2) is 4.79 Å². The topological polar surface area (TPSA) is 65.5 Å². The molecule has 1 aliphatic carbocycles. The number of rotatable bonds is 7. The molecule has 0 unspecified atom stereocenters. The molecule has 3 aromatic rings. The average molecular weight is 512 g/mol. The van der Waals surface area contributed by atoms with E-state index in [1.807, 2.05) is 6.07 Å². The lowest BCUT2D eigenvalue weighted by molar-refractivity contribution is -0.161. The van der Waals surface area contributed by atoms with Crippen LogP contribution in [0.2, 0.25) is 0 Å². The van der Waals surface area contributed by atoms with Crippen molar-refractivity contribution < 1.29 is 32.2 Å². The van der Waals surface area contributed by atoms with Gasteiger partial charge in [0.05, 0.1) is 22.2 Å². The Morgan fingerprint density at radius 1 is 0.973 bits per heavy atom. The van der Waals surface area contributed by atoms with Crippen LogP contribution in [0.25, 0.3) is 11.3 Å². The van der Waals surface area contributed by atoms with E-state index in [1.54, 1.807) is 63.2 Å². The molecule has 4 rings (SSSR count). The fourth-order valence-corrected chi connectivity index (χ4v) is 3.91. The van der Waals surface area contributed by atoms with Crippen LogP contribution < -0.4 is 0 Å². The third-order valence-electron chi connectivity index (χ3n) is 6.09. The Balaban J connectivity index is 1.61. The number of alkyl halides is 3. The van der Waals surface area contributed by atoms with E-state index in [0.717, 1.165) is 24.5 Å². The van der Waals surface area contributed by atoms with E-state index in [2.05, 4.69) is 4.98 Å². The van der Waals surface area contributed by atoms with Gasteiger partial charge in [0.25, 0.3) is 0 Å². The van der Waals surface area contributed by atoms with Crippen molar-refractivity contribution in [3.63, 3.8) is 0 Å². The van der Waals surface area contributed by atoms with Gasteiger partial charge in [-0.15, -0.1) is 0 Å². The van der Waals surface area contributed by atoms with Crippen LogP contribution in [0.4, 0.5) is 13.2 Å². The third-order valence-corrected chi connectivity index (χ3v) is 6.09. The highest BCUT2D eigenvalue weighted by molar-refractivity contribution is 5.91. The van der Waals surface area contributed by atoms with Crippen LogP contribution in [0, 0.1) is 5.41 Å². The number of ether oxygens (including phenoxy) is 2. The van der Waals surface area contributed by atoms with Crippen molar-refractivity contribution in [2.45, 2.75) is 52.1 Å². The van der Waals surface area contributed by atoms with E-state index in [1.165, 1.54) is 6.20 Å². The number of carbonyl (C=O) groups excluding carboxylic acids is 2. The fraction of sp³-hybridized carbons (Fsp3) is 0.345. The minimum Gasteiger partial charge on any atom is -0.427 e. The number of benzene rings is 2. The zero-order valence-corrected chi connectivity index (χ0v) is 20.9. The second kappa shape index (κ2) is 10.4. The van der Waals surface area contributed by atoms with Crippen molar-refractivity contribution in [3.8, 4) is 11.3 Å². The van der Waals surface area contributed by atoms with Gasteiger partial charge in [0.15, 0.2) is 0 Å². The molecule has 0 spiro atoms. The Hall–Kier alpha value is -3.68. The molecule has 1 saturated carbocycles. The number of aromatic nitrogens is 1. The summed E-state index contributed by atoms with van der Waals surface area (Å²) in [5, 5.41) is 0. The maximum Gasteiger partial charge on any atom is 0.418 e. The van der Waals surface area contributed by atoms with Gasteiger partial charge >= 0.3 is 18.1 Å². The van der Waals surface area contributed by atoms with Crippen LogP contribution in [0.15, 0.2) is 60.8 Å². The first-order valence-corrected chi connectivity index (χ1v) is 12.0. The van der Waals surface area contributed by atoms with Crippen molar-refractivity contribution in [1.29, 1.82) is 0 Å². The average Bonchev–Trinajstić information content (AvgIpc) is 3.69. The molecule has 0 radical (unpaired) electrons. The normalized spacial score (nSPS) is 13.8. The molecule has 194 valence electrons. The zero-order chi connectivity index (χ0) is 26.8. The lowest BCUT2D eigenvalue weighted by atomic mass is 9.95. The highest BCUT2D eigenvalue weighted by Gasteiger charge is 2.35. The molecule has 0 aliphatic heterocycles. The molecule has 0 N–H and O–H groups in total. The smallest absolute Gasteiger partial charge is 0.418 e. The number of hydrogen-bond donors (Lipinski definition) is 0. The molecular formula is C29H28F3NO4. The quantitative estimate of drug-likeness (QED) is 0.254. The van der Waals surface area contributed by atoms with E-state index < -0.39 is 35.9 Å². The van der Waals surface area contributed by atoms with Crippen molar-refractivity contribution in [1.82, 2.24) is 4.98 Å². The number of hydrogen-bond acceptors (Lipinski definition) is 5. The maximum atomic E-state index is 13.9. The summed E-state index contributed by atoms with van der Waals surface area (Å²) < 4.78 is 52.1. The number of nitrogens with zero attached hydrogens (tertiary/aromatic N) is 1. The molecule has 37 heavy (non-hydrogen) atoms. The van der Waals surface area contributed by atoms with E-state index in [-0.39, 0.29) is 17.7 Å². The summed E-state index contributed by atoms with van der Waals surface area (Å²) in [4.78, 5) is 29.1. The molecule has 2 aromatic carbocycles. The lowest BCUT2D eigenvalue weighted by Gasteiger charge is -2.17. The monoisotopic (exact) mass is 511 g/mol. The van der Waals surface area contributed by atoms with E-state index in [4.69, 9.17) is 9.47 Å². The summed E-state index contributed by atoms with van der Waals surface area (Å²) in [5.74, 6) is -0.872. The summed E-state index contributed by atoms with van der Waals surface area (Å²) >= 11 is 0. The molecule has 5 nitrogen and oxygen atoms in total. The SMILES string of the molecule is CC(C)(C)C(=O)OCOC(=O)c1cc(C2CC2)ccc1Cc1cnc(-c2ccccc2)c(C(F)(F)F)c1. The van der Waals surface area contributed by atoms with Crippen LogP contribution >= 0.6 is 0 Å². The van der Waals surface area contributed by atoms with E-state index in [9.17, 15) is 22.8 Å². The maximum absolute atomic E-state index is 13.9. The first-order valence-electron chi connectivity index (χ1n) is 12.0. The van der Waals surface area contributed by atoms with Crippen LogP contribution in [-0.2, 0) is 26.9 Å². The number of pyridine rings is 1. The Bertz CT molecular complexity index is 1290. The Labute approximate surface area is 213 Å². The van der Waals surface area contributed by atoms with Gasteiger partial charge in [0, 0.05) is 11.8 Å². The molecule has 1 aromatic heterocycles. The first-order chi connectivity index (χ1) is 17.4. The van der Waals surface area contributed by atoms with Crippen molar-refractivity contribution in [2.24, 2.45) is 5.41 Å². The van der Waals surface area contributed by atoms with Gasteiger partial charge < -0.3 is 9.47 Å². The molecule has 1 heterocycles. The standard InChI is InChI=1S/C29H28F3NO4/c1-28(2,3)27(35)37-17-36-26(34)23-15-21(19-9-10-19)11-12-22(23)13-18-14-24(29(30,31)32)25(33-16-18)20-7-5-4-6-8-20/h4-8,11-12,14-16,19H,9-10,13,17H2,1-3H3. The Kier molecular flexibility index (Phi) is 7.39. The molecular weight excluding hydrogens is 483 g/mol. The summed E-state index contributed by atoms with van der Waals surface area (Å²) in [6.45, 7) is 4.50. The predicted octanol–water partition coefficient (Wildman–Crippen LogP) is 6.94. The van der Waals surface area contributed by atoms with E-state index >= 15 is 0 Å². The van der Waals surface area contributed by atoms with Crippen LogP contribution in [0.1, 0.15) is 72.1 Å². The van der Waals surface area contributed by atoms with Crippen molar-refractivity contribution in [2.75, 3.05) is 6.79 Å². The Morgan fingerprint density at radius 3 is 2.30 bits per heavy atom. The van der Waals surface area contributed by atoms with Gasteiger partial charge in [0.2, 0.25) is 6.79 Å².